The molecule has 9 nitrogen and oxygen atoms in total. The van der Waals surface area contributed by atoms with E-state index < -0.39 is 17.6 Å². The monoisotopic (exact) mass is 620 g/mol. The van der Waals surface area contributed by atoms with Crippen LogP contribution in [0.5, 0.6) is 0 Å². The van der Waals surface area contributed by atoms with E-state index in [2.05, 4.69) is 50.0 Å². The number of H-pyrrole nitrogens is 1. The standard InChI is InChI=1S/C36H37FN6O3/c1-20-32(21(2)42-41-20)23-5-8-25(9-6-23)39-34(44)33(40-35(45)36(37)12-13-36)29-10-7-22-3-4-24(15-30(22)29)31-17-26(11-14-38-31)43-18-28-16-27(43)19-46-28/h3-6,8-9,11,14-15,17,27-29,33H,7,10,12-13,16,18-19H2,1-2H3,(H,39,44)(H,40,45)(H,41,42)/t27-,28-,29+,33-/m0/s1. The van der Waals surface area contributed by atoms with E-state index in [1.54, 1.807) is 0 Å². The van der Waals surface area contributed by atoms with Crippen LogP contribution in [-0.4, -0.2) is 64.0 Å². The third-order valence-corrected chi connectivity index (χ3v) is 10.2. The quantitative estimate of drug-likeness (QED) is 0.244. The van der Waals surface area contributed by atoms with Crippen molar-refractivity contribution in [3.63, 3.8) is 0 Å². The number of amides is 2. The summed E-state index contributed by atoms with van der Waals surface area (Å²) in [6.45, 7) is 5.56. The van der Waals surface area contributed by atoms with Crippen molar-refractivity contribution < 1.29 is 18.7 Å². The Labute approximate surface area is 266 Å². The molecule has 2 aliphatic heterocycles. The van der Waals surface area contributed by atoms with Crippen LogP contribution in [-0.2, 0) is 20.7 Å². The smallest absolute Gasteiger partial charge is 0.258 e. The Kier molecular flexibility index (Phi) is 6.93. The van der Waals surface area contributed by atoms with Gasteiger partial charge in [-0.05, 0) is 93.0 Å². The van der Waals surface area contributed by atoms with E-state index in [-0.39, 0.29) is 24.7 Å². The highest BCUT2D eigenvalue weighted by Crippen LogP contribution is 2.42. The molecular formula is C36H37FN6O3. The second kappa shape index (κ2) is 11.0. The maximum atomic E-state index is 14.9. The van der Waals surface area contributed by atoms with Crippen molar-refractivity contribution in [2.45, 2.75) is 75.7 Å². The van der Waals surface area contributed by atoms with E-state index >= 15 is 0 Å². The van der Waals surface area contributed by atoms with Gasteiger partial charge in [0.1, 0.15) is 6.04 Å². The van der Waals surface area contributed by atoms with Gasteiger partial charge in [-0.15, -0.1) is 0 Å². The molecule has 4 aliphatic rings. The van der Waals surface area contributed by atoms with Crippen molar-refractivity contribution in [2.24, 2.45) is 0 Å². The Morgan fingerprint density at radius 1 is 1.09 bits per heavy atom. The minimum Gasteiger partial charge on any atom is -0.374 e. The molecule has 10 heteroatoms. The van der Waals surface area contributed by atoms with Crippen molar-refractivity contribution in [2.75, 3.05) is 23.4 Å². The van der Waals surface area contributed by atoms with E-state index in [1.807, 2.05) is 50.4 Å². The van der Waals surface area contributed by atoms with Crippen LogP contribution in [0.3, 0.4) is 0 Å². The number of halogens is 1. The largest absolute Gasteiger partial charge is 0.374 e. The molecule has 0 unspecified atom stereocenters. The van der Waals surface area contributed by atoms with Crippen molar-refractivity contribution in [3.05, 3.63) is 83.3 Å². The summed E-state index contributed by atoms with van der Waals surface area (Å²) < 4.78 is 20.7. The lowest BCUT2D eigenvalue weighted by atomic mass is 9.90. The van der Waals surface area contributed by atoms with Gasteiger partial charge in [-0.2, -0.15) is 5.10 Å². The van der Waals surface area contributed by atoms with Gasteiger partial charge in [0.2, 0.25) is 5.91 Å². The number of nitrogens with zero attached hydrogens (tertiary/aromatic N) is 3. The molecule has 2 bridgehead atoms. The van der Waals surface area contributed by atoms with E-state index in [9.17, 15) is 14.0 Å². The summed E-state index contributed by atoms with van der Waals surface area (Å²) in [6.07, 6.45) is 4.99. The summed E-state index contributed by atoms with van der Waals surface area (Å²) >= 11 is 0. The predicted molar refractivity (Wildman–Crippen MR) is 173 cm³/mol. The highest BCUT2D eigenvalue weighted by atomic mass is 19.1. The molecule has 2 amide bonds. The maximum absolute atomic E-state index is 14.9. The summed E-state index contributed by atoms with van der Waals surface area (Å²) in [7, 11) is 0. The number of alkyl halides is 1. The van der Waals surface area contributed by atoms with Crippen LogP contribution in [0.2, 0.25) is 0 Å². The van der Waals surface area contributed by atoms with Gasteiger partial charge in [0.15, 0.2) is 5.67 Å². The first-order valence-electron chi connectivity index (χ1n) is 16.2. The van der Waals surface area contributed by atoms with Crippen LogP contribution in [0.15, 0.2) is 60.8 Å². The zero-order valence-electron chi connectivity index (χ0n) is 26.0. The van der Waals surface area contributed by atoms with E-state index in [0.29, 0.717) is 24.3 Å². The molecule has 4 atom stereocenters. The summed E-state index contributed by atoms with van der Waals surface area (Å²) in [5.41, 5.74) is 7.63. The van der Waals surface area contributed by atoms with E-state index in [4.69, 9.17) is 9.72 Å². The lowest BCUT2D eigenvalue weighted by Crippen LogP contribution is -2.50. The van der Waals surface area contributed by atoms with Crippen molar-refractivity contribution in [3.8, 4) is 22.4 Å². The van der Waals surface area contributed by atoms with E-state index in [0.717, 1.165) is 76.6 Å². The third kappa shape index (κ3) is 5.14. The Morgan fingerprint density at radius 2 is 1.89 bits per heavy atom. The fourth-order valence-corrected chi connectivity index (χ4v) is 7.48. The van der Waals surface area contributed by atoms with Gasteiger partial charge < -0.3 is 20.3 Å². The Balaban J connectivity index is 1.06. The first kappa shape index (κ1) is 28.9. The number of morpholine rings is 1. The maximum Gasteiger partial charge on any atom is 0.258 e. The molecule has 0 spiro atoms. The van der Waals surface area contributed by atoms with Gasteiger partial charge in [0.05, 0.1) is 30.1 Å². The number of hydrogen-bond donors (Lipinski definition) is 3. The third-order valence-electron chi connectivity index (χ3n) is 10.2. The minimum atomic E-state index is -1.89. The fourth-order valence-electron chi connectivity index (χ4n) is 7.48. The number of pyridine rings is 1. The lowest BCUT2D eigenvalue weighted by molar-refractivity contribution is -0.131. The number of rotatable bonds is 8. The van der Waals surface area contributed by atoms with E-state index in [1.165, 1.54) is 0 Å². The molecule has 4 heterocycles. The highest BCUT2D eigenvalue weighted by molar-refractivity contribution is 6.00. The number of hydrogen-bond acceptors (Lipinski definition) is 6. The number of aromatic nitrogens is 3. The topological polar surface area (TPSA) is 112 Å². The molecule has 4 aromatic rings. The van der Waals surface area contributed by atoms with Gasteiger partial charge in [0.25, 0.3) is 5.91 Å². The number of carbonyl (C=O) groups is 2. The fraction of sp³-hybridized carbons (Fsp3) is 0.389. The molecule has 236 valence electrons. The Hall–Kier alpha value is -4.57. The van der Waals surface area contributed by atoms with Crippen LogP contribution in [0.25, 0.3) is 22.4 Å². The van der Waals surface area contributed by atoms with Crippen LogP contribution < -0.4 is 15.5 Å². The zero-order chi connectivity index (χ0) is 31.6. The van der Waals surface area contributed by atoms with Crippen molar-refractivity contribution in [1.29, 1.82) is 0 Å². The second-order valence-corrected chi connectivity index (χ2v) is 13.2. The molecule has 1 saturated carbocycles. The number of carbonyl (C=O) groups excluding carboxylic acids is 2. The highest BCUT2D eigenvalue weighted by Gasteiger charge is 2.52. The lowest BCUT2D eigenvalue weighted by Gasteiger charge is -2.29. The number of anilines is 2. The molecule has 2 aromatic heterocycles. The molecule has 2 aliphatic carbocycles. The number of nitrogens with one attached hydrogen (secondary N) is 3. The number of aryl methyl sites for hydroxylation is 3. The summed E-state index contributed by atoms with van der Waals surface area (Å²) in [4.78, 5) is 34.0. The number of benzene rings is 2. The van der Waals surface area contributed by atoms with Crippen LogP contribution in [0.4, 0.5) is 15.8 Å². The van der Waals surface area contributed by atoms with Crippen molar-refractivity contribution >= 4 is 23.2 Å². The minimum absolute atomic E-state index is 0.180. The first-order chi connectivity index (χ1) is 22.3. The van der Waals surface area contributed by atoms with Crippen molar-refractivity contribution in [1.82, 2.24) is 20.5 Å². The molecule has 0 radical (unpaired) electrons. The zero-order valence-corrected chi connectivity index (χ0v) is 26.0. The van der Waals surface area contributed by atoms with Gasteiger partial charge in [-0.1, -0.05) is 24.3 Å². The molecule has 3 N–H and O–H groups in total. The number of aromatic amines is 1. The molecule has 46 heavy (non-hydrogen) atoms. The molecular weight excluding hydrogens is 583 g/mol. The summed E-state index contributed by atoms with van der Waals surface area (Å²) in [5.74, 6) is -1.39. The van der Waals surface area contributed by atoms with Gasteiger partial charge >= 0.3 is 0 Å². The predicted octanol–water partition coefficient (Wildman–Crippen LogP) is 5.39. The van der Waals surface area contributed by atoms with Crippen LogP contribution >= 0.6 is 0 Å². The van der Waals surface area contributed by atoms with Crippen LogP contribution in [0.1, 0.15) is 54.1 Å². The normalized spacial score (nSPS) is 22.8. The molecule has 8 rings (SSSR count). The van der Waals surface area contributed by atoms with Gasteiger partial charge in [-0.25, -0.2) is 4.39 Å². The second-order valence-electron chi connectivity index (χ2n) is 13.2. The molecule has 3 fully saturated rings. The first-order valence-corrected chi connectivity index (χ1v) is 16.2. The van der Waals surface area contributed by atoms with Gasteiger partial charge in [0, 0.05) is 46.9 Å². The Bertz CT molecular complexity index is 1810. The Morgan fingerprint density at radius 3 is 2.59 bits per heavy atom. The number of ether oxygens (including phenoxy) is 1. The summed E-state index contributed by atoms with van der Waals surface area (Å²) in [5, 5.41) is 13.1. The SMILES string of the molecule is Cc1n[nH]c(C)c1-c1ccc(NC(=O)[C@@H](NC(=O)C2(F)CC2)[C@@H]2CCc3ccc(-c4cc(N5C[C@@H]6C[C@H]5CO6)ccn4)cc32)cc1. The number of fused-ring (bicyclic) bond motifs is 3. The van der Waals surface area contributed by atoms with Gasteiger partial charge in [-0.3, -0.25) is 19.7 Å². The average molecular weight is 621 g/mol. The summed E-state index contributed by atoms with van der Waals surface area (Å²) in [6, 6.07) is 17.4. The van der Waals surface area contributed by atoms with Crippen LogP contribution in [0, 0.1) is 13.8 Å². The molecule has 2 saturated heterocycles. The molecule has 2 aromatic carbocycles. The average Bonchev–Trinajstić information content (AvgIpc) is 3.47.